The smallest absolute Gasteiger partial charge is 0.251 e. The third-order valence-electron chi connectivity index (χ3n) is 4.89. The Hall–Kier alpha value is -3.91. The zero-order valence-electron chi connectivity index (χ0n) is 16.8. The average Bonchev–Trinajstić information content (AvgIpc) is 2.79. The standard InChI is InChI=1S/C25H23N3O2/c1-18-7-5-6-10-22(18)15-23(25(30)27-17-20-8-3-2-4-9-20)28-24(29)21-13-11-19(16-26)12-14-21/h2-14,23H,15,17H2,1H3,(H,27,30)(H,28,29). The van der Waals surface area contributed by atoms with Gasteiger partial charge in [0.1, 0.15) is 6.04 Å². The minimum Gasteiger partial charge on any atom is -0.350 e. The summed E-state index contributed by atoms with van der Waals surface area (Å²) >= 11 is 0. The van der Waals surface area contributed by atoms with Crippen LogP contribution in [-0.2, 0) is 17.8 Å². The van der Waals surface area contributed by atoms with Crippen LogP contribution in [0.2, 0.25) is 0 Å². The van der Waals surface area contributed by atoms with Gasteiger partial charge in [0.05, 0.1) is 11.6 Å². The lowest BCUT2D eigenvalue weighted by atomic mass is 10.00. The molecule has 0 spiro atoms. The highest BCUT2D eigenvalue weighted by Gasteiger charge is 2.22. The predicted molar refractivity (Wildman–Crippen MR) is 116 cm³/mol. The van der Waals surface area contributed by atoms with E-state index in [1.54, 1.807) is 24.3 Å². The summed E-state index contributed by atoms with van der Waals surface area (Å²) in [6.07, 6.45) is 0.384. The fourth-order valence-electron chi connectivity index (χ4n) is 3.11. The number of rotatable bonds is 7. The van der Waals surface area contributed by atoms with Crippen molar-refractivity contribution in [1.82, 2.24) is 10.6 Å². The van der Waals surface area contributed by atoms with Crippen LogP contribution in [0.15, 0.2) is 78.9 Å². The lowest BCUT2D eigenvalue weighted by molar-refractivity contribution is -0.123. The maximum Gasteiger partial charge on any atom is 0.251 e. The molecule has 0 aliphatic carbocycles. The number of hydrogen-bond donors (Lipinski definition) is 2. The Balaban J connectivity index is 1.75. The molecule has 0 heterocycles. The Morgan fingerprint density at radius 2 is 1.60 bits per heavy atom. The quantitative estimate of drug-likeness (QED) is 0.640. The van der Waals surface area contributed by atoms with Crippen LogP contribution in [-0.4, -0.2) is 17.9 Å². The van der Waals surface area contributed by atoms with Gasteiger partial charge >= 0.3 is 0 Å². The van der Waals surface area contributed by atoms with Gasteiger partial charge in [0.2, 0.25) is 5.91 Å². The summed E-state index contributed by atoms with van der Waals surface area (Å²) in [5.74, 6) is -0.600. The van der Waals surface area contributed by atoms with E-state index in [-0.39, 0.29) is 11.8 Å². The number of amides is 2. The van der Waals surface area contributed by atoms with Crippen molar-refractivity contribution >= 4 is 11.8 Å². The molecule has 2 N–H and O–H groups in total. The van der Waals surface area contributed by atoms with Crippen molar-refractivity contribution < 1.29 is 9.59 Å². The number of carbonyl (C=O) groups excluding carboxylic acids is 2. The van der Waals surface area contributed by atoms with E-state index in [0.29, 0.717) is 24.1 Å². The van der Waals surface area contributed by atoms with Gasteiger partial charge in [-0.05, 0) is 47.9 Å². The summed E-state index contributed by atoms with van der Waals surface area (Å²) in [5.41, 5.74) is 3.92. The monoisotopic (exact) mass is 397 g/mol. The Morgan fingerprint density at radius 3 is 2.27 bits per heavy atom. The minimum atomic E-state index is -0.724. The van der Waals surface area contributed by atoms with E-state index in [2.05, 4.69) is 10.6 Å². The number of carbonyl (C=O) groups is 2. The highest BCUT2D eigenvalue weighted by Crippen LogP contribution is 2.11. The molecule has 3 aromatic rings. The van der Waals surface area contributed by atoms with E-state index in [9.17, 15) is 9.59 Å². The Kier molecular flexibility index (Phi) is 6.96. The Labute approximate surface area is 176 Å². The molecule has 1 atom stereocenters. The lowest BCUT2D eigenvalue weighted by Gasteiger charge is -2.20. The maximum absolute atomic E-state index is 12.9. The van der Waals surface area contributed by atoms with Crippen LogP contribution < -0.4 is 10.6 Å². The van der Waals surface area contributed by atoms with Crippen LogP contribution in [0.5, 0.6) is 0 Å². The molecule has 0 fully saturated rings. The van der Waals surface area contributed by atoms with Gasteiger partial charge in [-0.25, -0.2) is 0 Å². The second-order valence-electron chi connectivity index (χ2n) is 7.05. The number of nitriles is 1. The van der Waals surface area contributed by atoms with Gasteiger partial charge in [0.25, 0.3) is 5.91 Å². The maximum atomic E-state index is 12.9. The van der Waals surface area contributed by atoms with E-state index >= 15 is 0 Å². The van der Waals surface area contributed by atoms with Gasteiger partial charge in [0, 0.05) is 18.5 Å². The van der Waals surface area contributed by atoms with E-state index in [1.165, 1.54) is 0 Å². The molecular formula is C25H23N3O2. The van der Waals surface area contributed by atoms with E-state index in [1.807, 2.05) is 67.6 Å². The Bertz CT molecular complexity index is 1050. The summed E-state index contributed by atoms with van der Waals surface area (Å²) < 4.78 is 0. The van der Waals surface area contributed by atoms with Crippen LogP contribution in [0.3, 0.4) is 0 Å². The van der Waals surface area contributed by atoms with Crippen LogP contribution >= 0.6 is 0 Å². The van der Waals surface area contributed by atoms with E-state index in [4.69, 9.17) is 5.26 Å². The third-order valence-corrected chi connectivity index (χ3v) is 4.89. The predicted octanol–water partition coefficient (Wildman–Crippen LogP) is 3.52. The fourth-order valence-corrected chi connectivity index (χ4v) is 3.11. The SMILES string of the molecule is Cc1ccccc1CC(NC(=O)c1ccc(C#N)cc1)C(=O)NCc1ccccc1. The van der Waals surface area contributed by atoms with Crippen molar-refractivity contribution in [3.05, 3.63) is 107 Å². The first-order valence-corrected chi connectivity index (χ1v) is 9.74. The van der Waals surface area contributed by atoms with Crippen LogP contribution in [0.25, 0.3) is 0 Å². The normalized spacial score (nSPS) is 11.2. The van der Waals surface area contributed by atoms with E-state index < -0.39 is 6.04 Å². The fraction of sp³-hybridized carbons (Fsp3) is 0.160. The molecule has 0 aliphatic rings. The summed E-state index contributed by atoms with van der Waals surface area (Å²) in [7, 11) is 0. The molecule has 5 heteroatoms. The van der Waals surface area contributed by atoms with Gasteiger partial charge in [-0.15, -0.1) is 0 Å². The van der Waals surface area contributed by atoms with Crippen molar-refractivity contribution in [3.63, 3.8) is 0 Å². The molecule has 0 aromatic heterocycles. The van der Waals surface area contributed by atoms with Crippen molar-refractivity contribution in [1.29, 1.82) is 5.26 Å². The number of nitrogens with one attached hydrogen (secondary N) is 2. The molecule has 0 radical (unpaired) electrons. The number of aryl methyl sites for hydroxylation is 1. The second-order valence-corrected chi connectivity index (χ2v) is 7.05. The summed E-state index contributed by atoms with van der Waals surface area (Å²) in [4.78, 5) is 25.7. The Morgan fingerprint density at radius 1 is 0.933 bits per heavy atom. The number of nitrogens with zero attached hydrogens (tertiary/aromatic N) is 1. The molecule has 2 amide bonds. The van der Waals surface area contributed by atoms with Gasteiger partial charge < -0.3 is 10.6 Å². The molecular weight excluding hydrogens is 374 g/mol. The largest absolute Gasteiger partial charge is 0.350 e. The number of hydrogen-bond acceptors (Lipinski definition) is 3. The molecule has 3 rings (SSSR count). The van der Waals surface area contributed by atoms with Crippen LogP contribution in [0.4, 0.5) is 0 Å². The zero-order valence-corrected chi connectivity index (χ0v) is 16.8. The molecule has 150 valence electrons. The van der Waals surface area contributed by atoms with Gasteiger partial charge in [-0.3, -0.25) is 9.59 Å². The van der Waals surface area contributed by atoms with Crippen LogP contribution in [0, 0.1) is 18.3 Å². The highest BCUT2D eigenvalue weighted by molar-refractivity contribution is 5.97. The highest BCUT2D eigenvalue weighted by atomic mass is 16.2. The first-order valence-electron chi connectivity index (χ1n) is 9.74. The average molecular weight is 397 g/mol. The molecule has 3 aromatic carbocycles. The number of benzene rings is 3. The van der Waals surface area contributed by atoms with Gasteiger partial charge in [-0.2, -0.15) is 5.26 Å². The van der Waals surface area contributed by atoms with Crippen molar-refractivity contribution in [2.45, 2.75) is 25.9 Å². The van der Waals surface area contributed by atoms with E-state index in [0.717, 1.165) is 16.7 Å². The second kappa shape index (κ2) is 10.0. The molecule has 0 saturated carbocycles. The summed E-state index contributed by atoms with van der Waals surface area (Å²) in [5, 5.41) is 14.7. The van der Waals surface area contributed by atoms with Gasteiger partial charge in [0.15, 0.2) is 0 Å². The summed E-state index contributed by atoms with van der Waals surface area (Å²) in [6, 6.07) is 25.1. The molecule has 0 aliphatic heterocycles. The minimum absolute atomic E-state index is 0.246. The van der Waals surface area contributed by atoms with Crippen molar-refractivity contribution in [3.8, 4) is 6.07 Å². The molecule has 0 saturated heterocycles. The lowest BCUT2D eigenvalue weighted by Crippen LogP contribution is -2.48. The van der Waals surface area contributed by atoms with Gasteiger partial charge in [-0.1, -0.05) is 54.6 Å². The molecule has 5 nitrogen and oxygen atoms in total. The molecule has 0 bridgehead atoms. The zero-order chi connectivity index (χ0) is 21.3. The van der Waals surface area contributed by atoms with Crippen molar-refractivity contribution in [2.24, 2.45) is 0 Å². The van der Waals surface area contributed by atoms with Crippen molar-refractivity contribution in [2.75, 3.05) is 0 Å². The topological polar surface area (TPSA) is 82.0 Å². The first-order chi connectivity index (χ1) is 14.6. The first kappa shape index (κ1) is 20.8. The summed E-state index contributed by atoms with van der Waals surface area (Å²) in [6.45, 7) is 2.37. The molecule has 30 heavy (non-hydrogen) atoms. The molecule has 1 unspecified atom stereocenters. The van der Waals surface area contributed by atoms with Crippen LogP contribution in [0.1, 0.15) is 32.6 Å². The third kappa shape index (κ3) is 5.55.